The van der Waals surface area contributed by atoms with Crippen molar-refractivity contribution >= 4 is 11.6 Å². The molecule has 6 heteroatoms. The van der Waals surface area contributed by atoms with E-state index in [1.54, 1.807) is 0 Å². The first-order chi connectivity index (χ1) is 9.76. The zero-order valence-electron chi connectivity index (χ0n) is 14.4. The van der Waals surface area contributed by atoms with E-state index in [9.17, 15) is 0 Å². The van der Waals surface area contributed by atoms with Crippen LogP contribution in [0.5, 0.6) is 0 Å². The maximum Gasteiger partial charge on any atom is 0.148 e. The van der Waals surface area contributed by atoms with Gasteiger partial charge in [-0.3, -0.25) is 0 Å². The van der Waals surface area contributed by atoms with Crippen molar-refractivity contribution in [3.8, 4) is 0 Å². The highest BCUT2D eigenvalue weighted by atomic mass is 15.3. The largest absolute Gasteiger partial charge is 0.365 e. The standard InChI is InChI=1S/C15H30N6/c1-9(2)12(8-21(6)7)17-14-11(5)15(20-16)19-13(18-14)10(3)4/h9-10,12H,8,16H2,1-7H3,(H2,17,18,19,20). The van der Waals surface area contributed by atoms with E-state index >= 15 is 0 Å². The minimum absolute atomic E-state index is 0.254. The Morgan fingerprint density at radius 1 is 1.10 bits per heavy atom. The van der Waals surface area contributed by atoms with Crippen molar-refractivity contribution in [3.05, 3.63) is 11.4 Å². The Balaban J connectivity index is 3.12. The number of nitrogens with one attached hydrogen (secondary N) is 2. The molecule has 0 saturated heterocycles. The van der Waals surface area contributed by atoms with Crippen LogP contribution < -0.4 is 16.6 Å². The second-order valence-corrected chi connectivity index (χ2v) is 6.46. The molecule has 0 amide bonds. The van der Waals surface area contributed by atoms with Crippen molar-refractivity contribution in [3.63, 3.8) is 0 Å². The highest BCUT2D eigenvalue weighted by molar-refractivity contribution is 5.57. The fourth-order valence-corrected chi connectivity index (χ4v) is 2.07. The van der Waals surface area contributed by atoms with Crippen LogP contribution >= 0.6 is 0 Å². The number of anilines is 2. The molecule has 6 nitrogen and oxygen atoms in total. The van der Waals surface area contributed by atoms with Gasteiger partial charge in [-0.05, 0) is 26.9 Å². The van der Waals surface area contributed by atoms with E-state index < -0.39 is 0 Å². The summed E-state index contributed by atoms with van der Waals surface area (Å²) in [6.07, 6.45) is 0. The van der Waals surface area contributed by atoms with Gasteiger partial charge in [-0.2, -0.15) is 0 Å². The molecule has 0 bridgehead atoms. The lowest BCUT2D eigenvalue weighted by Gasteiger charge is -2.27. The predicted octanol–water partition coefficient (Wildman–Crippen LogP) is 2.19. The van der Waals surface area contributed by atoms with Gasteiger partial charge < -0.3 is 15.6 Å². The van der Waals surface area contributed by atoms with Crippen LogP contribution in [0.25, 0.3) is 0 Å². The first-order valence-electron chi connectivity index (χ1n) is 7.52. The highest BCUT2D eigenvalue weighted by Gasteiger charge is 2.19. The van der Waals surface area contributed by atoms with Gasteiger partial charge in [0.15, 0.2) is 0 Å². The Kier molecular flexibility index (Phi) is 6.36. The van der Waals surface area contributed by atoms with Crippen LogP contribution in [0.4, 0.5) is 11.6 Å². The molecule has 120 valence electrons. The molecule has 0 fully saturated rings. The monoisotopic (exact) mass is 294 g/mol. The smallest absolute Gasteiger partial charge is 0.148 e. The molecule has 1 atom stereocenters. The van der Waals surface area contributed by atoms with E-state index in [1.165, 1.54) is 0 Å². The van der Waals surface area contributed by atoms with Gasteiger partial charge in [0.05, 0.1) is 0 Å². The van der Waals surface area contributed by atoms with E-state index in [-0.39, 0.29) is 5.92 Å². The fraction of sp³-hybridized carbons (Fsp3) is 0.733. The van der Waals surface area contributed by atoms with Crippen LogP contribution in [0.1, 0.15) is 45.0 Å². The number of rotatable bonds is 7. The molecule has 0 saturated carbocycles. The van der Waals surface area contributed by atoms with Gasteiger partial charge in [0, 0.05) is 24.1 Å². The minimum Gasteiger partial charge on any atom is -0.365 e. The SMILES string of the molecule is Cc1c(NN)nc(C(C)C)nc1NC(CN(C)C)C(C)C. The second-order valence-electron chi connectivity index (χ2n) is 6.46. The molecule has 1 heterocycles. The predicted molar refractivity (Wildman–Crippen MR) is 89.5 cm³/mol. The Bertz CT molecular complexity index is 456. The van der Waals surface area contributed by atoms with Gasteiger partial charge >= 0.3 is 0 Å². The van der Waals surface area contributed by atoms with Crippen molar-refractivity contribution < 1.29 is 0 Å². The first-order valence-corrected chi connectivity index (χ1v) is 7.52. The third-order valence-corrected chi connectivity index (χ3v) is 3.50. The molecule has 4 N–H and O–H groups in total. The Morgan fingerprint density at radius 3 is 2.10 bits per heavy atom. The third kappa shape index (κ3) is 4.82. The number of nitrogens with zero attached hydrogens (tertiary/aromatic N) is 3. The molecule has 0 aliphatic heterocycles. The summed E-state index contributed by atoms with van der Waals surface area (Å²) >= 11 is 0. The van der Waals surface area contributed by atoms with E-state index in [2.05, 4.69) is 67.4 Å². The number of hydrogen-bond donors (Lipinski definition) is 3. The van der Waals surface area contributed by atoms with Crippen molar-refractivity contribution in [1.82, 2.24) is 14.9 Å². The normalized spacial score (nSPS) is 13.1. The van der Waals surface area contributed by atoms with Crippen LogP contribution in [0.2, 0.25) is 0 Å². The summed E-state index contributed by atoms with van der Waals surface area (Å²) in [4.78, 5) is 11.3. The van der Waals surface area contributed by atoms with Crippen LogP contribution in [0, 0.1) is 12.8 Å². The number of aromatic nitrogens is 2. The van der Waals surface area contributed by atoms with Gasteiger partial charge in [-0.25, -0.2) is 15.8 Å². The highest BCUT2D eigenvalue weighted by Crippen LogP contribution is 2.24. The van der Waals surface area contributed by atoms with Crippen molar-refractivity contribution in [1.29, 1.82) is 0 Å². The Labute approximate surface area is 128 Å². The van der Waals surface area contributed by atoms with Crippen molar-refractivity contribution in [2.24, 2.45) is 11.8 Å². The lowest BCUT2D eigenvalue weighted by atomic mass is 10.0. The first kappa shape index (κ1) is 17.7. The topological polar surface area (TPSA) is 79.1 Å². The zero-order valence-corrected chi connectivity index (χ0v) is 14.4. The van der Waals surface area contributed by atoms with Crippen molar-refractivity contribution in [2.75, 3.05) is 31.4 Å². The molecule has 0 aliphatic carbocycles. The van der Waals surface area contributed by atoms with Gasteiger partial charge in [0.25, 0.3) is 0 Å². The quantitative estimate of drug-likeness (QED) is 0.528. The van der Waals surface area contributed by atoms with Crippen LogP contribution in [-0.2, 0) is 0 Å². The molecule has 1 aromatic heterocycles. The van der Waals surface area contributed by atoms with E-state index in [4.69, 9.17) is 5.84 Å². The number of nitrogens with two attached hydrogens (primary N) is 1. The summed E-state index contributed by atoms with van der Waals surface area (Å²) < 4.78 is 0. The molecule has 21 heavy (non-hydrogen) atoms. The van der Waals surface area contributed by atoms with Gasteiger partial charge in [0.1, 0.15) is 17.5 Å². The average molecular weight is 294 g/mol. The van der Waals surface area contributed by atoms with Crippen LogP contribution in [0.15, 0.2) is 0 Å². The lowest BCUT2D eigenvalue weighted by Crippen LogP contribution is -2.37. The van der Waals surface area contributed by atoms with Crippen molar-refractivity contribution in [2.45, 2.75) is 46.6 Å². The second kappa shape index (κ2) is 7.56. The van der Waals surface area contributed by atoms with E-state index in [0.717, 1.165) is 23.8 Å². The summed E-state index contributed by atoms with van der Waals surface area (Å²) in [5.74, 6) is 8.68. The third-order valence-electron chi connectivity index (χ3n) is 3.50. The minimum atomic E-state index is 0.254. The summed E-state index contributed by atoms with van der Waals surface area (Å²) in [5.41, 5.74) is 3.62. The number of likely N-dealkylation sites (N-methyl/N-ethyl adjacent to an activating group) is 1. The Morgan fingerprint density at radius 2 is 1.67 bits per heavy atom. The molecule has 0 spiro atoms. The lowest BCUT2D eigenvalue weighted by molar-refractivity contribution is 0.344. The molecule has 0 radical (unpaired) electrons. The number of hydrazine groups is 1. The molecular formula is C15H30N6. The maximum absolute atomic E-state index is 5.58. The van der Waals surface area contributed by atoms with Crippen LogP contribution in [0.3, 0.4) is 0 Å². The Hall–Kier alpha value is -1.40. The molecule has 1 rings (SSSR count). The summed E-state index contributed by atoms with van der Waals surface area (Å²) in [7, 11) is 4.16. The summed E-state index contributed by atoms with van der Waals surface area (Å²) in [5, 5.41) is 3.56. The summed E-state index contributed by atoms with van der Waals surface area (Å²) in [6, 6.07) is 0.319. The molecule has 1 aromatic rings. The molecule has 0 aliphatic rings. The molecular weight excluding hydrogens is 264 g/mol. The van der Waals surface area contributed by atoms with Gasteiger partial charge in [0.2, 0.25) is 0 Å². The van der Waals surface area contributed by atoms with Gasteiger partial charge in [-0.15, -0.1) is 0 Å². The number of hydrogen-bond acceptors (Lipinski definition) is 6. The number of nitrogen functional groups attached to an aromatic ring is 1. The fourth-order valence-electron chi connectivity index (χ4n) is 2.07. The maximum atomic E-state index is 5.58. The summed E-state index contributed by atoms with van der Waals surface area (Å²) in [6.45, 7) is 11.5. The van der Waals surface area contributed by atoms with E-state index in [0.29, 0.717) is 17.8 Å². The average Bonchev–Trinajstić information content (AvgIpc) is 2.39. The van der Waals surface area contributed by atoms with Crippen LogP contribution in [-0.4, -0.2) is 41.5 Å². The van der Waals surface area contributed by atoms with E-state index in [1.807, 2.05) is 6.92 Å². The zero-order chi connectivity index (χ0) is 16.2. The van der Waals surface area contributed by atoms with Gasteiger partial charge in [-0.1, -0.05) is 27.7 Å². The molecule has 1 unspecified atom stereocenters. The molecule has 0 aromatic carbocycles.